The number of rotatable bonds is 7. The van der Waals surface area contributed by atoms with Gasteiger partial charge < -0.3 is 14.2 Å². The minimum atomic E-state index is -0.622. The predicted octanol–water partition coefficient (Wildman–Crippen LogP) is 2.90. The van der Waals surface area contributed by atoms with Crippen molar-refractivity contribution in [2.75, 3.05) is 20.5 Å². The summed E-state index contributed by atoms with van der Waals surface area (Å²) in [6, 6.07) is 0. The van der Waals surface area contributed by atoms with Gasteiger partial charge >= 0.3 is 5.97 Å². The Hall–Kier alpha value is -0.610. The molecule has 0 aromatic rings. The Morgan fingerprint density at radius 1 is 1.28 bits per heavy atom. The molecule has 0 heterocycles. The third kappa shape index (κ3) is 3.95. The third-order valence-corrected chi connectivity index (χ3v) is 3.69. The monoisotopic (exact) mass is 258 g/mol. The first kappa shape index (κ1) is 15.4. The van der Waals surface area contributed by atoms with Crippen molar-refractivity contribution in [2.24, 2.45) is 5.41 Å². The van der Waals surface area contributed by atoms with E-state index in [-0.39, 0.29) is 18.4 Å². The number of carbonyl (C=O) groups is 1. The van der Waals surface area contributed by atoms with Crippen LogP contribution in [0.1, 0.15) is 52.9 Å². The number of esters is 1. The fraction of sp³-hybridized carbons (Fsp3) is 0.929. The second-order valence-corrected chi connectivity index (χ2v) is 5.77. The Balaban J connectivity index is 2.52. The third-order valence-electron chi connectivity index (χ3n) is 3.69. The van der Waals surface area contributed by atoms with E-state index >= 15 is 0 Å². The summed E-state index contributed by atoms with van der Waals surface area (Å²) in [4.78, 5) is 12.2. The van der Waals surface area contributed by atoms with Crippen molar-refractivity contribution in [3.05, 3.63) is 0 Å². The lowest BCUT2D eigenvalue weighted by atomic mass is 9.93. The van der Waals surface area contributed by atoms with E-state index in [1.807, 2.05) is 13.8 Å². The van der Waals surface area contributed by atoms with Crippen LogP contribution in [0.5, 0.6) is 0 Å². The van der Waals surface area contributed by atoms with E-state index < -0.39 is 5.41 Å². The van der Waals surface area contributed by atoms with Crippen molar-refractivity contribution < 1.29 is 19.0 Å². The lowest BCUT2D eigenvalue weighted by molar-refractivity contribution is -0.176. The highest BCUT2D eigenvalue weighted by atomic mass is 16.7. The van der Waals surface area contributed by atoms with Crippen LogP contribution in [-0.2, 0) is 19.0 Å². The van der Waals surface area contributed by atoms with E-state index in [2.05, 4.69) is 6.92 Å². The molecule has 0 bridgehead atoms. The molecule has 1 aliphatic carbocycles. The highest BCUT2D eigenvalue weighted by molar-refractivity contribution is 5.76. The fourth-order valence-electron chi connectivity index (χ4n) is 2.32. The van der Waals surface area contributed by atoms with Crippen LogP contribution in [0, 0.1) is 5.41 Å². The van der Waals surface area contributed by atoms with Crippen LogP contribution >= 0.6 is 0 Å². The molecule has 0 aromatic carbocycles. The average Bonchev–Trinajstić information content (AvgIpc) is 2.78. The number of ether oxygens (including phenoxy) is 3. The summed E-state index contributed by atoms with van der Waals surface area (Å²) in [6.45, 7) is 6.31. The molecule has 0 N–H and O–H groups in total. The van der Waals surface area contributed by atoms with Gasteiger partial charge in [0.2, 0.25) is 0 Å². The topological polar surface area (TPSA) is 44.8 Å². The predicted molar refractivity (Wildman–Crippen MR) is 69.2 cm³/mol. The van der Waals surface area contributed by atoms with Crippen molar-refractivity contribution in [1.82, 2.24) is 0 Å². The van der Waals surface area contributed by atoms with Gasteiger partial charge in [0, 0.05) is 7.11 Å². The van der Waals surface area contributed by atoms with Crippen LogP contribution in [0.2, 0.25) is 0 Å². The van der Waals surface area contributed by atoms with Crippen LogP contribution in [0.15, 0.2) is 0 Å². The standard InChI is InChI=1S/C14H26O4/c1-5-14(8-6-7-9-14)18-12(15)13(2,3)10-17-11-16-4/h5-11H2,1-4H3. The molecule has 0 radical (unpaired) electrons. The highest BCUT2D eigenvalue weighted by Gasteiger charge is 2.40. The summed E-state index contributed by atoms with van der Waals surface area (Å²) >= 11 is 0. The molecule has 4 nitrogen and oxygen atoms in total. The van der Waals surface area contributed by atoms with E-state index in [1.165, 1.54) is 0 Å². The maximum absolute atomic E-state index is 12.2. The summed E-state index contributed by atoms with van der Waals surface area (Å²) in [6.07, 6.45) is 5.19. The molecule has 0 saturated heterocycles. The summed E-state index contributed by atoms with van der Waals surface area (Å²) in [5.41, 5.74) is -0.848. The first-order valence-corrected chi connectivity index (χ1v) is 6.76. The molecular weight excluding hydrogens is 232 g/mol. The van der Waals surface area contributed by atoms with Gasteiger partial charge in [-0.2, -0.15) is 0 Å². The summed E-state index contributed by atoms with van der Waals surface area (Å²) in [5.74, 6) is -0.164. The van der Waals surface area contributed by atoms with Crippen LogP contribution in [-0.4, -0.2) is 32.1 Å². The Kier molecular flexibility index (Phi) is 5.60. The van der Waals surface area contributed by atoms with Gasteiger partial charge in [-0.25, -0.2) is 0 Å². The number of hydrogen-bond acceptors (Lipinski definition) is 4. The number of methoxy groups -OCH3 is 1. The molecule has 1 aliphatic rings. The van der Waals surface area contributed by atoms with Gasteiger partial charge in [-0.15, -0.1) is 0 Å². The van der Waals surface area contributed by atoms with E-state index in [0.29, 0.717) is 6.61 Å². The van der Waals surface area contributed by atoms with Gasteiger partial charge in [0.1, 0.15) is 12.4 Å². The lowest BCUT2D eigenvalue weighted by Gasteiger charge is -2.32. The first-order valence-electron chi connectivity index (χ1n) is 6.76. The van der Waals surface area contributed by atoms with Gasteiger partial charge in [-0.3, -0.25) is 4.79 Å². The lowest BCUT2D eigenvalue weighted by Crippen LogP contribution is -2.39. The Morgan fingerprint density at radius 2 is 1.89 bits per heavy atom. The molecule has 1 fully saturated rings. The zero-order valence-corrected chi connectivity index (χ0v) is 12.1. The zero-order valence-electron chi connectivity index (χ0n) is 12.1. The molecule has 1 rings (SSSR count). The molecule has 0 aromatic heterocycles. The maximum atomic E-state index is 12.2. The van der Waals surface area contributed by atoms with Gasteiger partial charge in [-0.05, 0) is 46.0 Å². The Labute approximate surface area is 110 Å². The molecule has 106 valence electrons. The second kappa shape index (κ2) is 6.53. The van der Waals surface area contributed by atoms with Crippen LogP contribution in [0.25, 0.3) is 0 Å². The van der Waals surface area contributed by atoms with Crippen LogP contribution < -0.4 is 0 Å². The van der Waals surface area contributed by atoms with Crippen LogP contribution in [0.4, 0.5) is 0 Å². The molecule has 0 atom stereocenters. The van der Waals surface area contributed by atoms with E-state index in [1.54, 1.807) is 7.11 Å². The van der Waals surface area contributed by atoms with Crippen LogP contribution in [0.3, 0.4) is 0 Å². The summed E-state index contributed by atoms with van der Waals surface area (Å²) in [7, 11) is 1.57. The molecule has 0 spiro atoms. The maximum Gasteiger partial charge on any atom is 0.314 e. The highest BCUT2D eigenvalue weighted by Crippen LogP contribution is 2.37. The Bertz CT molecular complexity index is 267. The van der Waals surface area contributed by atoms with Crippen molar-refractivity contribution in [3.63, 3.8) is 0 Å². The normalized spacial score (nSPS) is 18.9. The summed E-state index contributed by atoms with van der Waals surface area (Å²) < 4.78 is 15.9. The summed E-state index contributed by atoms with van der Waals surface area (Å²) in [5, 5.41) is 0. The second-order valence-electron chi connectivity index (χ2n) is 5.77. The molecule has 0 unspecified atom stereocenters. The SMILES string of the molecule is CCC1(OC(=O)C(C)(C)COCOC)CCCC1. The zero-order chi connectivity index (χ0) is 13.6. The van der Waals surface area contributed by atoms with Crippen molar-refractivity contribution in [1.29, 1.82) is 0 Å². The molecule has 1 saturated carbocycles. The molecule has 0 aliphatic heterocycles. The first-order chi connectivity index (χ1) is 8.46. The Morgan fingerprint density at radius 3 is 2.39 bits per heavy atom. The van der Waals surface area contributed by atoms with Crippen molar-refractivity contribution in [2.45, 2.75) is 58.5 Å². The van der Waals surface area contributed by atoms with Gasteiger partial charge in [0.15, 0.2) is 0 Å². The van der Waals surface area contributed by atoms with Crippen molar-refractivity contribution in [3.8, 4) is 0 Å². The van der Waals surface area contributed by atoms with Crippen molar-refractivity contribution >= 4 is 5.97 Å². The average molecular weight is 258 g/mol. The largest absolute Gasteiger partial charge is 0.459 e. The molecular formula is C14H26O4. The van der Waals surface area contributed by atoms with Gasteiger partial charge in [-0.1, -0.05) is 6.92 Å². The molecule has 18 heavy (non-hydrogen) atoms. The van der Waals surface area contributed by atoms with Gasteiger partial charge in [0.05, 0.1) is 12.0 Å². The van der Waals surface area contributed by atoms with Gasteiger partial charge in [0.25, 0.3) is 0 Å². The molecule has 0 amide bonds. The van der Waals surface area contributed by atoms with E-state index in [0.717, 1.165) is 32.1 Å². The number of carbonyl (C=O) groups excluding carboxylic acids is 1. The molecule has 4 heteroatoms. The minimum Gasteiger partial charge on any atom is -0.459 e. The van der Waals surface area contributed by atoms with E-state index in [9.17, 15) is 4.79 Å². The number of hydrogen-bond donors (Lipinski definition) is 0. The fourth-order valence-corrected chi connectivity index (χ4v) is 2.32. The minimum absolute atomic E-state index is 0.164. The quantitative estimate of drug-likeness (QED) is 0.400. The smallest absolute Gasteiger partial charge is 0.314 e. The van der Waals surface area contributed by atoms with E-state index in [4.69, 9.17) is 14.2 Å².